The quantitative estimate of drug-likeness (QED) is 0.0315. The van der Waals surface area contributed by atoms with Crippen molar-refractivity contribution in [2.24, 2.45) is 23.7 Å². The van der Waals surface area contributed by atoms with Crippen LogP contribution in [0.3, 0.4) is 0 Å². The third-order valence-electron chi connectivity index (χ3n) is 18.3. The van der Waals surface area contributed by atoms with E-state index in [1.54, 1.807) is 0 Å². The number of Topliss-reactive ketones (excluding diaryl/α,β-unsaturated/α-hetero) is 4. The summed E-state index contributed by atoms with van der Waals surface area (Å²) in [7, 11) is 0. The van der Waals surface area contributed by atoms with Crippen molar-refractivity contribution in [1.82, 2.24) is 0 Å². The molecule has 0 bridgehead atoms. The Labute approximate surface area is 588 Å². The van der Waals surface area contributed by atoms with E-state index in [0.29, 0.717) is 0 Å². The Kier molecular flexibility index (Phi) is 85.1. The van der Waals surface area contributed by atoms with Crippen molar-refractivity contribution < 1.29 is 80.5 Å². The Morgan fingerprint density at radius 2 is 0.280 bits per heavy atom. The largest absolute Gasteiger partial charge is 4.00 e. The number of aliphatic carboxylic acids is 4. The number of carbonyl (C=O) groups is 8. The number of carboxylic acid groups (broad SMARTS) is 4. The zero-order valence-corrected chi connectivity index (χ0v) is 63.7. The predicted molar refractivity (Wildman–Crippen MR) is 376 cm³/mol. The molecule has 0 saturated heterocycles. The number of carboxylic acids is 4. The Bertz CT molecular complexity index is 1380. The van der Waals surface area contributed by atoms with Crippen LogP contribution in [0.4, 0.5) is 0 Å². The van der Waals surface area contributed by atoms with Crippen molar-refractivity contribution in [1.29, 1.82) is 0 Å². The van der Waals surface area contributed by atoms with Crippen LogP contribution in [0.2, 0.25) is 0 Å². The third-order valence-corrected chi connectivity index (χ3v) is 18.3. The summed E-state index contributed by atoms with van der Waals surface area (Å²) in [5.74, 6) is -5.65. The Morgan fingerprint density at radius 1 is 0.183 bits per heavy atom. The molecule has 93 heavy (non-hydrogen) atoms. The van der Waals surface area contributed by atoms with Crippen LogP contribution in [0.5, 0.6) is 0 Å². The molecule has 0 saturated carbocycles. The van der Waals surface area contributed by atoms with Crippen molar-refractivity contribution in [3.8, 4) is 0 Å². The van der Waals surface area contributed by atoms with Gasteiger partial charge in [0, 0.05) is 73.2 Å². The fraction of sp³-hybridized carbons (Fsp3) is 0.900. The molecule has 0 atom stereocenters. The summed E-state index contributed by atoms with van der Waals surface area (Å²) in [6.45, 7) is 17.6. The smallest absolute Gasteiger partial charge is 0.550 e. The van der Waals surface area contributed by atoms with Crippen LogP contribution in [0.25, 0.3) is 0 Å². The summed E-state index contributed by atoms with van der Waals surface area (Å²) in [6.07, 6.45) is 63.0. The summed E-state index contributed by atoms with van der Waals surface area (Å²) in [4.78, 5) is 91.0. The van der Waals surface area contributed by atoms with Crippen LogP contribution in [0.15, 0.2) is 0 Å². The van der Waals surface area contributed by atoms with Crippen molar-refractivity contribution in [3.05, 3.63) is 0 Å². The summed E-state index contributed by atoms with van der Waals surface area (Å²) < 4.78 is 0. The van der Waals surface area contributed by atoms with E-state index in [-0.39, 0.29) is 68.5 Å². The van der Waals surface area contributed by atoms with E-state index in [1.165, 1.54) is 205 Å². The van der Waals surface area contributed by atoms with Crippen LogP contribution in [0.1, 0.15) is 441 Å². The average molecular weight is 1350 g/mol. The maximum atomic E-state index is 12.1. The molecular weight excluding hydrogens is 1200 g/mol. The van der Waals surface area contributed by atoms with Gasteiger partial charge in [-0.15, -0.1) is 0 Å². The summed E-state index contributed by atoms with van der Waals surface area (Å²) in [5.41, 5.74) is 0. The first kappa shape index (κ1) is 98.9. The molecule has 0 aliphatic carbocycles. The molecule has 0 rings (SSSR count). The van der Waals surface area contributed by atoms with Crippen molar-refractivity contribution in [3.63, 3.8) is 0 Å². The molecule has 0 N–H and O–H groups in total. The minimum atomic E-state index is -1.23. The van der Waals surface area contributed by atoms with Gasteiger partial charge in [0.15, 0.2) is 0 Å². The van der Waals surface area contributed by atoms with Gasteiger partial charge in [-0.1, -0.05) is 364 Å². The van der Waals surface area contributed by atoms with Crippen LogP contribution < -0.4 is 20.4 Å². The Morgan fingerprint density at radius 3 is 0.376 bits per heavy atom. The van der Waals surface area contributed by atoms with Crippen LogP contribution >= 0.6 is 0 Å². The monoisotopic (exact) mass is 1350 g/mol. The third kappa shape index (κ3) is 78.2. The zero-order valence-electron chi connectivity index (χ0n) is 62.1. The van der Waals surface area contributed by atoms with Gasteiger partial charge < -0.3 is 39.6 Å². The molecule has 0 aromatic carbocycles. The Balaban J connectivity index is -0.000000369. The SMILES string of the molecule is CCCCCCCCC(CCCCCCCC)C(=O)CC(=O)[O-].CCCCCCCCC(CCCCCCCC)C(=O)CC(=O)[O-].CCCCCCCCC(CCCCCCCC)C(=O)CC(=O)[O-].CCCCCCCCC(CCCCCCCC)C(=O)CC(=O)[O-].[Ti+4]. The van der Waals surface area contributed by atoms with E-state index in [9.17, 15) is 58.8 Å². The molecule has 0 aliphatic rings. The molecule has 0 unspecified atom stereocenters. The fourth-order valence-corrected chi connectivity index (χ4v) is 12.4. The molecule has 0 aromatic rings. The number of hydrogen-bond donors (Lipinski definition) is 0. The van der Waals surface area contributed by atoms with Crippen molar-refractivity contribution >= 4 is 47.0 Å². The molecule has 0 aliphatic heterocycles. The standard InChI is InChI=1S/4C20H38O3.Ti/c4*1-3-5-7-9-11-13-15-18(19(21)17-20(22)23)16-14-12-10-8-6-4-2;/h4*18H,3-17H2,1-2H3,(H,22,23);/q;;;;+4/p-4. The molecule has 0 fully saturated rings. The maximum absolute atomic E-state index is 12.1. The van der Waals surface area contributed by atoms with Crippen LogP contribution in [0, 0.1) is 23.7 Å². The van der Waals surface area contributed by atoms with Crippen molar-refractivity contribution in [2.75, 3.05) is 0 Å². The van der Waals surface area contributed by atoms with Gasteiger partial charge >= 0.3 is 21.7 Å². The van der Waals surface area contributed by atoms with E-state index in [4.69, 9.17) is 0 Å². The van der Waals surface area contributed by atoms with E-state index in [1.807, 2.05) is 0 Å². The van der Waals surface area contributed by atoms with Gasteiger partial charge in [0.2, 0.25) is 0 Å². The average Bonchev–Trinajstić information content (AvgIpc) is 3.12. The topological polar surface area (TPSA) is 229 Å². The predicted octanol–water partition coefficient (Wildman–Crippen LogP) is 19.2. The molecule has 0 aromatic heterocycles. The first-order chi connectivity index (χ1) is 44.5. The van der Waals surface area contributed by atoms with Crippen molar-refractivity contribution in [2.45, 2.75) is 441 Å². The zero-order chi connectivity index (χ0) is 69.4. The number of carbonyl (C=O) groups excluding carboxylic acids is 8. The number of ketones is 4. The van der Waals surface area contributed by atoms with E-state index in [0.717, 1.165) is 154 Å². The van der Waals surface area contributed by atoms with Crippen LogP contribution in [-0.2, 0) is 60.1 Å². The maximum Gasteiger partial charge on any atom is 4.00 e. The fourth-order valence-electron chi connectivity index (χ4n) is 12.4. The molecular formula is C80H148O12Ti. The van der Waals surface area contributed by atoms with Gasteiger partial charge in [-0.25, -0.2) is 0 Å². The van der Waals surface area contributed by atoms with Gasteiger partial charge in [0.1, 0.15) is 23.1 Å². The Hall–Kier alpha value is -2.73. The summed E-state index contributed by atoms with van der Waals surface area (Å²) in [5, 5.41) is 42.7. The first-order valence-corrected chi connectivity index (χ1v) is 39.4. The molecule has 12 nitrogen and oxygen atoms in total. The second kappa shape index (κ2) is 80.0. The number of hydrogen-bond acceptors (Lipinski definition) is 12. The van der Waals surface area contributed by atoms with Gasteiger partial charge in [-0.05, 0) is 51.4 Å². The minimum absolute atomic E-state index is 0. The van der Waals surface area contributed by atoms with Crippen LogP contribution in [-0.4, -0.2) is 47.0 Å². The van der Waals surface area contributed by atoms with E-state index in [2.05, 4.69) is 55.4 Å². The minimum Gasteiger partial charge on any atom is -0.550 e. The van der Waals surface area contributed by atoms with Gasteiger partial charge in [-0.3, -0.25) is 19.2 Å². The second-order valence-corrected chi connectivity index (χ2v) is 27.3. The number of unbranched alkanes of at least 4 members (excludes halogenated alkanes) is 40. The summed E-state index contributed by atoms with van der Waals surface area (Å²) in [6, 6.07) is 0. The molecule has 0 spiro atoms. The normalized spacial score (nSPS) is 11.0. The van der Waals surface area contributed by atoms with Gasteiger partial charge in [-0.2, -0.15) is 0 Å². The van der Waals surface area contributed by atoms with Gasteiger partial charge in [0.05, 0.1) is 0 Å². The number of rotatable bonds is 68. The summed E-state index contributed by atoms with van der Waals surface area (Å²) >= 11 is 0. The molecule has 0 amide bonds. The van der Waals surface area contributed by atoms with Gasteiger partial charge in [0.25, 0.3) is 0 Å². The van der Waals surface area contributed by atoms with E-state index < -0.39 is 49.6 Å². The first-order valence-electron chi connectivity index (χ1n) is 39.4. The second-order valence-electron chi connectivity index (χ2n) is 27.3. The molecule has 0 radical (unpaired) electrons. The molecule has 544 valence electrons. The molecule has 0 heterocycles. The van der Waals surface area contributed by atoms with E-state index >= 15 is 0 Å². The molecule has 13 heteroatoms.